The SMILES string of the molecule is Nc1ncnc2c1ncn2Cc1cc(C2CC2)ncc1N1CCC[C@@]2(N)C1CCC(F)(F)[C@@H]2O. The van der Waals surface area contributed by atoms with E-state index in [1.807, 2.05) is 10.8 Å². The number of anilines is 2. The Bertz CT molecular complexity index is 1240. The number of rotatable bonds is 4. The van der Waals surface area contributed by atoms with Crippen LogP contribution in [0.25, 0.3) is 11.2 Å². The number of hydrogen-bond acceptors (Lipinski definition) is 8. The van der Waals surface area contributed by atoms with E-state index in [0.717, 1.165) is 29.8 Å². The quantitative estimate of drug-likeness (QED) is 0.529. The number of nitrogen functional groups attached to an aromatic ring is 1. The zero-order valence-electron chi connectivity index (χ0n) is 18.7. The molecule has 0 bridgehead atoms. The second-order valence-corrected chi connectivity index (χ2v) is 9.94. The van der Waals surface area contributed by atoms with Crippen LogP contribution in [0.4, 0.5) is 20.3 Å². The smallest absolute Gasteiger partial charge is 0.275 e. The predicted octanol–water partition coefficient (Wildman–Crippen LogP) is 2.19. The van der Waals surface area contributed by atoms with Gasteiger partial charge in [-0.05, 0) is 43.7 Å². The average Bonchev–Trinajstić information content (AvgIpc) is 3.58. The van der Waals surface area contributed by atoms with Gasteiger partial charge < -0.3 is 26.0 Å². The van der Waals surface area contributed by atoms with Crippen molar-refractivity contribution in [2.45, 2.75) is 74.6 Å². The van der Waals surface area contributed by atoms with E-state index in [0.29, 0.717) is 48.8 Å². The maximum atomic E-state index is 14.4. The average molecular weight is 471 g/mol. The highest BCUT2D eigenvalue weighted by Gasteiger charge is 2.60. The van der Waals surface area contributed by atoms with Crippen LogP contribution in [0.15, 0.2) is 24.9 Å². The molecule has 1 saturated heterocycles. The summed E-state index contributed by atoms with van der Waals surface area (Å²) >= 11 is 0. The lowest BCUT2D eigenvalue weighted by molar-refractivity contribution is -0.172. The van der Waals surface area contributed by atoms with Crippen molar-refractivity contribution in [3.8, 4) is 0 Å². The van der Waals surface area contributed by atoms with Gasteiger partial charge in [-0.3, -0.25) is 4.98 Å². The van der Waals surface area contributed by atoms with E-state index in [-0.39, 0.29) is 12.8 Å². The van der Waals surface area contributed by atoms with Crippen molar-refractivity contribution in [1.29, 1.82) is 0 Å². The molecule has 1 unspecified atom stereocenters. The van der Waals surface area contributed by atoms with Crippen LogP contribution in [0.3, 0.4) is 0 Å². The lowest BCUT2D eigenvalue weighted by Crippen LogP contribution is -2.74. The molecule has 3 aromatic rings. The molecular formula is C23H28F2N8O. The summed E-state index contributed by atoms with van der Waals surface area (Å²) in [6, 6.07) is 1.70. The van der Waals surface area contributed by atoms with E-state index in [1.54, 1.807) is 6.33 Å². The number of aliphatic hydroxyl groups excluding tert-OH is 1. The number of alkyl halides is 2. The van der Waals surface area contributed by atoms with Gasteiger partial charge in [0.05, 0.1) is 30.3 Å². The van der Waals surface area contributed by atoms with Crippen molar-refractivity contribution in [3.05, 3.63) is 36.2 Å². The van der Waals surface area contributed by atoms with Crippen molar-refractivity contribution >= 4 is 22.7 Å². The van der Waals surface area contributed by atoms with Crippen LogP contribution < -0.4 is 16.4 Å². The standard InChI is InChI=1S/C23H28F2N8O/c24-23(25)6-4-17-22(27,21(23)34)5-1-7-33(17)16-9-28-15(13-2-3-13)8-14(16)10-32-12-31-18-19(26)29-11-30-20(18)32/h8-9,11-13,17,21,34H,1-7,10,27H2,(H2,26,29,30)/t17?,21-,22-/m1/s1. The fraction of sp³-hybridized carbons (Fsp3) is 0.565. The van der Waals surface area contributed by atoms with E-state index in [2.05, 4.69) is 25.9 Å². The maximum Gasteiger partial charge on any atom is 0.275 e. The van der Waals surface area contributed by atoms with Crippen molar-refractivity contribution in [1.82, 2.24) is 24.5 Å². The number of aromatic nitrogens is 5. The van der Waals surface area contributed by atoms with Gasteiger partial charge in [-0.15, -0.1) is 0 Å². The fourth-order valence-electron chi connectivity index (χ4n) is 5.75. The first kappa shape index (κ1) is 21.6. The second kappa shape index (κ2) is 7.54. The van der Waals surface area contributed by atoms with Crippen molar-refractivity contribution < 1.29 is 13.9 Å². The molecule has 3 atom stereocenters. The van der Waals surface area contributed by atoms with Gasteiger partial charge in [-0.25, -0.2) is 23.7 Å². The van der Waals surface area contributed by atoms with Crippen molar-refractivity contribution in [2.24, 2.45) is 5.73 Å². The summed E-state index contributed by atoms with van der Waals surface area (Å²) in [5.74, 6) is -2.41. The molecule has 0 amide bonds. The van der Waals surface area contributed by atoms with Crippen LogP contribution in [0.5, 0.6) is 0 Å². The first-order chi connectivity index (χ1) is 16.3. The highest BCUT2D eigenvalue weighted by atomic mass is 19.3. The van der Waals surface area contributed by atoms with Gasteiger partial charge in [-0.1, -0.05) is 0 Å². The minimum atomic E-state index is -3.18. The molecule has 34 heavy (non-hydrogen) atoms. The molecule has 0 radical (unpaired) electrons. The van der Waals surface area contributed by atoms with Gasteiger partial charge >= 0.3 is 0 Å². The molecule has 0 spiro atoms. The Morgan fingerprint density at radius 3 is 2.74 bits per heavy atom. The van der Waals surface area contributed by atoms with Gasteiger partial charge in [-0.2, -0.15) is 0 Å². The highest BCUT2D eigenvalue weighted by Crippen LogP contribution is 2.47. The summed E-state index contributed by atoms with van der Waals surface area (Å²) in [5.41, 5.74) is 15.2. The number of hydrogen-bond donors (Lipinski definition) is 3. The Labute approximate surface area is 195 Å². The third kappa shape index (κ3) is 3.32. The second-order valence-electron chi connectivity index (χ2n) is 9.94. The summed E-state index contributed by atoms with van der Waals surface area (Å²) in [5, 5.41) is 10.5. The molecule has 180 valence electrons. The molecule has 1 aliphatic heterocycles. The van der Waals surface area contributed by atoms with Crippen LogP contribution in [-0.4, -0.2) is 59.8 Å². The minimum Gasteiger partial charge on any atom is -0.385 e. The maximum absolute atomic E-state index is 14.4. The molecule has 3 fully saturated rings. The molecule has 2 saturated carbocycles. The molecule has 4 heterocycles. The van der Waals surface area contributed by atoms with Crippen LogP contribution in [-0.2, 0) is 6.54 Å². The Kier molecular flexibility index (Phi) is 4.79. The van der Waals surface area contributed by atoms with Crippen LogP contribution >= 0.6 is 0 Å². The number of nitrogens with two attached hydrogens (primary N) is 2. The number of piperidine rings is 1. The molecule has 5 N–H and O–H groups in total. The van der Waals surface area contributed by atoms with E-state index >= 15 is 0 Å². The zero-order chi connectivity index (χ0) is 23.7. The lowest BCUT2D eigenvalue weighted by atomic mass is 9.68. The summed E-state index contributed by atoms with van der Waals surface area (Å²) in [4.78, 5) is 19.6. The minimum absolute atomic E-state index is 0.210. The predicted molar refractivity (Wildman–Crippen MR) is 123 cm³/mol. The number of halogens is 2. The molecule has 3 aromatic heterocycles. The summed E-state index contributed by atoms with van der Waals surface area (Å²) in [6.45, 7) is 1.13. The number of fused-ring (bicyclic) bond motifs is 2. The summed E-state index contributed by atoms with van der Waals surface area (Å²) < 4.78 is 30.7. The zero-order valence-corrected chi connectivity index (χ0v) is 18.7. The van der Waals surface area contributed by atoms with Gasteiger partial charge in [0.15, 0.2) is 11.5 Å². The van der Waals surface area contributed by atoms with Gasteiger partial charge in [0.1, 0.15) is 17.9 Å². The van der Waals surface area contributed by atoms with Gasteiger partial charge in [0.2, 0.25) is 0 Å². The molecular weight excluding hydrogens is 442 g/mol. The Hall–Kier alpha value is -2.92. The van der Waals surface area contributed by atoms with Crippen molar-refractivity contribution in [3.63, 3.8) is 0 Å². The molecule has 6 rings (SSSR count). The van der Waals surface area contributed by atoms with Crippen molar-refractivity contribution in [2.75, 3.05) is 17.2 Å². The van der Waals surface area contributed by atoms with Crippen LogP contribution in [0, 0.1) is 0 Å². The molecule has 11 heteroatoms. The third-order valence-electron chi connectivity index (χ3n) is 7.73. The molecule has 0 aromatic carbocycles. The van der Waals surface area contributed by atoms with E-state index in [4.69, 9.17) is 16.5 Å². The van der Waals surface area contributed by atoms with Gasteiger partial charge in [0, 0.05) is 30.6 Å². The largest absolute Gasteiger partial charge is 0.385 e. The van der Waals surface area contributed by atoms with Crippen LogP contribution in [0.1, 0.15) is 55.7 Å². The fourth-order valence-corrected chi connectivity index (χ4v) is 5.75. The van der Waals surface area contributed by atoms with E-state index in [1.165, 1.54) is 6.33 Å². The number of imidazole rings is 1. The van der Waals surface area contributed by atoms with E-state index in [9.17, 15) is 13.9 Å². The Balaban J connectivity index is 1.41. The number of pyridine rings is 1. The number of aliphatic hydroxyl groups is 1. The van der Waals surface area contributed by atoms with Crippen LogP contribution in [0.2, 0.25) is 0 Å². The van der Waals surface area contributed by atoms with E-state index < -0.39 is 23.6 Å². The summed E-state index contributed by atoms with van der Waals surface area (Å²) in [7, 11) is 0. The molecule has 9 nitrogen and oxygen atoms in total. The molecule has 2 aliphatic carbocycles. The van der Waals surface area contributed by atoms with Gasteiger partial charge in [0.25, 0.3) is 5.92 Å². The Morgan fingerprint density at radius 1 is 1.12 bits per heavy atom. The lowest BCUT2D eigenvalue weighted by Gasteiger charge is -2.55. The normalized spacial score (nSPS) is 28.8. The summed E-state index contributed by atoms with van der Waals surface area (Å²) in [6.07, 6.45) is 6.09. The number of nitrogens with zero attached hydrogens (tertiary/aromatic N) is 6. The first-order valence-electron chi connectivity index (χ1n) is 11.8. The topological polar surface area (TPSA) is 132 Å². The first-order valence-corrected chi connectivity index (χ1v) is 11.8. The highest BCUT2D eigenvalue weighted by molar-refractivity contribution is 5.81. The third-order valence-corrected chi connectivity index (χ3v) is 7.73. The Morgan fingerprint density at radius 2 is 1.94 bits per heavy atom. The molecule has 3 aliphatic rings. The monoisotopic (exact) mass is 470 g/mol.